The van der Waals surface area contributed by atoms with Crippen LogP contribution >= 0.6 is 27.7 Å². The fraction of sp³-hybridized carbons (Fsp3) is 1.00. The molecule has 0 saturated carbocycles. The van der Waals surface area contributed by atoms with Gasteiger partial charge in [0.2, 0.25) is 0 Å². The van der Waals surface area contributed by atoms with Crippen LogP contribution in [-0.4, -0.2) is 41.4 Å². The van der Waals surface area contributed by atoms with E-state index in [1.54, 1.807) is 0 Å². The number of halogens is 1. The fourth-order valence-corrected chi connectivity index (χ4v) is 3.04. The molecule has 0 radical (unpaired) electrons. The molecule has 60 valence electrons. The van der Waals surface area contributed by atoms with Crippen molar-refractivity contribution < 1.29 is 0 Å². The SMILES string of the molecule is CN(CCBr)C1CCSC1. The Kier molecular flexibility index (Phi) is 4.11. The second-order valence-electron chi connectivity index (χ2n) is 2.69. The molecule has 0 aromatic heterocycles. The molecule has 0 aliphatic carbocycles. The predicted octanol–water partition coefficient (Wildman–Crippen LogP) is 1.82. The topological polar surface area (TPSA) is 3.24 Å². The Morgan fingerprint density at radius 1 is 1.70 bits per heavy atom. The third-order valence-corrected chi connectivity index (χ3v) is 3.47. The van der Waals surface area contributed by atoms with Crippen molar-refractivity contribution in [3.63, 3.8) is 0 Å². The highest BCUT2D eigenvalue weighted by atomic mass is 79.9. The Morgan fingerprint density at radius 2 is 2.50 bits per heavy atom. The van der Waals surface area contributed by atoms with Crippen LogP contribution in [0.15, 0.2) is 0 Å². The van der Waals surface area contributed by atoms with E-state index in [1.807, 2.05) is 0 Å². The van der Waals surface area contributed by atoms with E-state index < -0.39 is 0 Å². The van der Waals surface area contributed by atoms with E-state index in [9.17, 15) is 0 Å². The van der Waals surface area contributed by atoms with Gasteiger partial charge >= 0.3 is 0 Å². The van der Waals surface area contributed by atoms with Gasteiger partial charge in [-0.25, -0.2) is 0 Å². The highest BCUT2D eigenvalue weighted by Gasteiger charge is 2.18. The predicted molar refractivity (Wildman–Crippen MR) is 52.2 cm³/mol. The molecule has 1 fully saturated rings. The molecule has 0 bridgehead atoms. The van der Waals surface area contributed by atoms with E-state index in [0.717, 1.165) is 11.4 Å². The highest BCUT2D eigenvalue weighted by Crippen LogP contribution is 2.20. The zero-order valence-corrected chi connectivity index (χ0v) is 8.75. The van der Waals surface area contributed by atoms with Crippen LogP contribution in [0, 0.1) is 0 Å². The summed E-state index contributed by atoms with van der Waals surface area (Å²) in [5.74, 6) is 2.70. The van der Waals surface area contributed by atoms with Gasteiger partial charge in [0.1, 0.15) is 0 Å². The summed E-state index contributed by atoms with van der Waals surface area (Å²) in [5, 5.41) is 1.10. The Balaban J connectivity index is 2.18. The van der Waals surface area contributed by atoms with Crippen molar-refractivity contribution in [2.75, 3.05) is 30.4 Å². The van der Waals surface area contributed by atoms with Gasteiger partial charge in [-0.05, 0) is 19.2 Å². The van der Waals surface area contributed by atoms with Crippen LogP contribution in [-0.2, 0) is 0 Å². The van der Waals surface area contributed by atoms with E-state index in [0.29, 0.717) is 0 Å². The molecule has 1 unspecified atom stereocenters. The lowest BCUT2D eigenvalue weighted by Gasteiger charge is -2.21. The molecule has 0 amide bonds. The molecule has 10 heavy (non-hydrogen) atoms. The van der Waals surface area contributed by atoms with Crippen molar-refractivity contribution in [2.24, 2.45) is 0 Å². The molecular weight excluding hydrogens is 210 g/mol. The first-order valence-electron chi connectivity index (χ1n) is 3.68. The minimum absolute atomic E-state index is 0.850. The minimum Gasteiger partial charge on any atom is -0.302 e. The maximum Gasteiger partial charge on any atom is 0.0191 e. The average molecular weight is 224 g/mol. The van der Waals surface area contributed by atoms with Crippen LogP contribution in [0.1, 0.15) is 6.42 Å². The molecule has 1 aliphatic rings. The highest BCUT2D eigenvalue weighted by molar-refractivity contribution is 9.09. The third-order valence-electron chi connectivity index (χ3n) is 1.97. The molecule has 0 N–H and O–H groups in total. The van der Waals surface area contributed by atoms with Gasteiger partial charge in [0.15, 0.2) is 0 Å². The Labute approximate surface area is 75.7 Å². The van der Waals surface area contributed by atoms with Gasteiger partial charge in [-0.15, -0.1) is 0 Å². The fourth-order valence-electron chi connectivity index (χ4n) is 1.19. The van der Waals surface area contributed by atoms with Crippen molar-refractivity contribution in [3.05, 3.63) is 0 Å². The summed E-state index contributed by atoms with van der Waals surface area (Å²) in [6.45, 7) is 1.19. The quantitative estimate of drug-likeness (QED) is 0.673. The molecule has 1 saturated heterocycles. The average Bonchev–Trinajstić information content (AvgIpc) is 2.38. The first-order chi connectivity index (χ1) is 4.84. The van der Waals surface area contributed by atoms with Gasteiger partial charge in [-0.2, -0.15) is 11.8 Å². The number of thioether (sulfide) groups is 1. The monoisotopic (exact) mass is 223 g/mol. The van der Waals surface area contributed by atoms with Crippen LogP contribution < -0.4 is 0 Å². The number of hydrogen-bond acceptors (Lipinski definition) is 2. The molecule has 3 heteroatoms. The zero-order valence-electron chi connectivity index (χ0n) is 6.35. The summed E-state index contributed by atoms with van der Waals surface area (Å²) in [6, 6.07) is 0.850. The molecule has 1 rings (SSSR count). The molecule has 0 aromatic rings. The lowest BCUT2D eigenvalue weighted by atomic mass is 10.2. The normalized spacial score (nSPS) is 26.1. The van der Waals surface area contributed by atoms with Crippen LogP contribution in [0.3, 0.4) is 0 Å². The van der Waals surface area contributed by atoms with E-state index in [-0.39, 0.29) is 0 Å². The van der Waals surface area contributed by atoms with Crippen LogP contribution in [0.2, 0.25) is 0 Å². The molecular formula is C7H14BrNS. The van der Waals surface area contributed by atoms with Crippen molar-refractivity contribution in [1.82, 2.24) is 4.90 Å². The summed E-state index contributed by atoms with van der Waals surface area (Å²) < 4.78 is 0. The Hall–Kier alpha value is 0.790. The largest absolute Gasteiger partial charge is 0.302 e. The van der Waals surface area contributed by atoms with Gasteiger partial charge < -0.3 is 4.90 Å². The summed E-state index contributed by atoms with van der Waals surface area (Å²) in [4.78, 5) is 2.45. The van der Waals surface area contributed by atoms with Gasteiger partial charge in [0.25, 0.3) is 0 Å². The molecule has 1 nitrogen and oxygen atoms in total. The molecule has 0 aromatic carbocycles. The third kappa shape index (κ3) is 2.44. The zero-order chi connectivity index (χ0) is 7.40. The van der Waals surface area contributed by atoms with Crippen LogP contribution in [0.25, 0.3) is 0 Å². The molecule has 0 spiro atoms. The number of rotatable bonds is 3. The first kappa shape index (κ1) is 8.88. The lowest BCUT2D eigenvalue weighted by Crippen LogP contribution is -2.32. The van der Waals surface area contributed by atoms with Crippen LogP contribution in [0.4, 0.5) is 0 Å². The molecule has 1 heterocycles. The maximum absolute atomic E-state index is 3.45. The van der Waals surface area contributed by atoms with Gasteiger partial charge in [0, 0.05) is 23.7 Å². The second kappa shape index (κ2) is 4.62. The van der Waals surface area contributed by atoms with Gasteiger partial charge in [-0.1, -0.05) is 15.9 Å². The van der Waals surface area contributed by atoms with Gasteiger partial charge in [0.05, 0.1) is 0 Å². The Bertz CT molecular complexity index is 93.6. The van der Waals surface area contributed by atoms with Crippen LogP contribution in [0.5, 0.6) is 0 Å². The number of hydrogen-bond donors (Lipinski definition) is 0. The molecule has 1 aliphatic heterocycles. The smallest absolute Gasteiger partial charge is 0.0191 e. The lowest BCUT2D eigenvalue weighted by molar-refractivity contribution is 0.279. The summed E-state index contributed by atoms with van der Waals surface area (Å²) in [5.41, 5.74) is 0. The summed E-state index contributed by atoms with van der Waals surface area (Å²) in [6.07, 6.45) is 1.38. The first-order valence-corrected chi connectivity index (χ1v) is 5.96. The summed E-state index contributed by atoms with van der Waals surface area (Å²) >= 11 is 5.53. The van der Waals surface area contributed by atoms with Crippen molar-refractivity contribution in [3.8, 4) is 0 Å². The van der Waals surface area contributed by atoms with Crippen molar-refractivity contribution in [2.45, 2.75) is 12.5 Å². The van der Waals surface area contributed by atoms with E-state index in [2.05, 4.69) is 39.6 Å². The van der Waals surface area contributed by atoms with E-state index in [4.69, 9.17) is 0 Å². The van der Waals surface area contributed by atoms with Crippen molar-refractivity contribution in [1.29, 1.82) is 0 Å². The van der Waals surface area contributed by atoms with Crippen molar-refractivity contribution >= 4 is 27.7 Å². The molecule has 1 atom stereocenters. The Morgan fingerprint density at radius 3 is 3.00 bits per heavy atom. The minimum atomic E-state index is 0.850. The number of alkyl halides is 1. The summed E-state index contributed by atoms with van der Waals surface area (Å²) in [7, 11) is 2.22. The van der Waals surface area contributed by atoms with E-state index in [1.165, 1.54) is 24.5 Å². The maximum atomic E-state index is 3.45. The standard InChI is InChI=1S/C7H14BrNS/c1-9(4-3-8)7-2-5-10-6-7/h7H,2-6H2,1H3. The second-order valence-corrected chi connectivity index (χ2v) is 4.63. The van der Waals surface area contributed by atoms with E-state index >= 15 is 0 Å². The number of nitrogens with zero attached hydrogens (tertiary/aromatic N) is 1. The van der Waals surface area contributed by atoms with Gasteiger partial charge in [-0.3, -0.25) is 0 Å².